The van der Waals surface area contributed by atoms with E-state index in [2.05, 4.69) is 13.8 Å². The fourth-order valence-corrected chi connectivity index (χ4v) is 2.75. The summed E-state index contributed by atoms with van der Waals surface area (Å²) in [5, 5.41) is 0. The molecule has 0 radical (unpaired) electrons. The Labute approximate surface area is 112 Å². The minimum Gasteiger partial charge on any atom is -0.342 e. The van der Waals surface area contributed by atoms with Crippen molar-refractivity contribution in [3.63, 3.8) is 0 Å². The Morgan fingerprint density at radius 3 is 2.29 bits per heavy atom. The van der Waals surface area contributed by atoms with Gasteiger partial charge in [-0.25, -0.2) is 0 Å². The van der Waals surface area contributed by atoms with Gasteiger partial charge < -0.3 is 10.6 Å². The Hall–Kier alpha value is -0.280. The maximum atomic E-state index is 12.4. The number of amides is 1. The summed E-state index contributed by atoms with van der Waals surface area (Å²) in [5.74, 6) is 1.00. The molecule has 0 spiro atoms. The number of carbonyl (C=O) groups excluding carboxylic acids is 1. The number of nitrogens with zero attached hydrogens (tertiary/aromatic N) is 1. The van der Waals surface area contributed by atoms with E-state index in [4.69, 9.17) is 5.73 Å². The van der Waals surface area contributed by atoms with Crippen LogP contribution in [0, 0.1) is 11.8 Å². The van der Waals surface area contributed by atoms with Crippen molar-refractivity contribution in [2.75, 3.05) is 19.6 Å². The summed E-state index contributed by atoms with van der Waals surface area (Å²) in [5.41, 5.74) is 5.74. The molecule has 0 aliphatic heterocycles. The highest BCUT2D eigenvalue weighted by atomic mass is 35.5. The van der Waals surface area contributed by atoms with Gasteiger partial charge in [0.15, 0.2) is 0 Å². The molecule has 1 rings (SSSR count). The molecule has 0 saturated heterocycles. The average Bonchev–Trinajstić information content (AvgIpc) is 2.75. The Kier molecular flexibility index (Phi) is 8.61. The van der Waals surface area contributed by atoms with Crippen LogP contribution in [0.5, 0.6) is 0 Å². The molecule has 0 bridgehead atoms. The predicted molar refractivity (Wildman–Crippen MR) is 74.3 cm³/mol. The molecule has 1 amide bonds. The van der Waals surface area contributed by atoms with E-state index in [9.17, 15) is 4.79 Å². The Bertz CT molecular complexity index is 217. The van der Waals surface area contributed by atoms with Crippen LogP contribution in [0.1, 0.15) is 46.0 Å². The van der Waals surface area contributed by atoms with Gasteiger partial charge in [0.1, 0.15) is 0 Å². The number of halogens is 1. The molecule has 0 heterocycles. The standard InChI is InChI=1S/C13H26N2O.ClH/c1-3-8-15(9-4-2)13(16)12-7-5-6-11(12)10-14;/h11-12H,3-10,14H2,1-2H3;1H/t11-,12-;/m1./s1. The molecule has 0 unspecified atom stereocenters. The predicted octanol–water partition coefficient (Wildman–Crippen LogP) is 2.43. The van der Waals surface area contributed by atoms with E-state index in [1.54, 1.807) is 0 Å². The van der Waals surface area contributed by atoms with Gasteiger partial charge in [0, 0.05) is 19.0 Å². The summed E-state index contributed by atoms with van der Waals surface area (Å²) in [4.78, 5) is 14.4. The SMILES string of the molecule is CCCN(CCC)C(=O)[C@@H]1CCC[C@@H]1CN.Cl. The molecule has 17 heavy (non-hydrogen) atoms. The average molecular weight is 263 g/mol. The first-order chi connectivity index (χ1) is 7.74. The van der Waals surface area contributed by atoms with Gasteiger partial charge in [0.25, 0.3) is 0 Å². The van der Waals surface area contributed by atoms with E-state index >= 15 is 0 Å². The summed E-state index contributed by atoms with van der Waals surface area (Å²) in [6.45, 7) is 6.74. The lowest BCUT2D eigenvalue weighted by Crippen LogP contribution is -2.39. The fraction of sp³-hybridized carbons (Fsp3) is 0.923. The van der Waals surface area contributed by atoms with Crippen LogP contribution < -0.4 is 5.73 Å². The zero-order chi connectivity index (χ0) is 12.0. The fourth-order valence-electron chi connectivity index (χ4n) is 2.75. The quantitative estimate of drug-likeness (QED) is 0.799. The van der Waals surface area contributed by atoms with E-state index in [1.165, 1.54) is 6.42 Å². The van der Waals surface area contributed by atoms with Gasteiger partial charge in [-0.1, -0.05) is 20.3 Å². The molecular formula is C13H27ClN2O. The first-order valence-electron chi connectivity index (χ1n) is 6.73. The second kappa shape index (κ2) is 8.76. The molecular weight excluding hydrogens is 236 g/mol. The van der Waals surface area contributed by atoms with Crippen molar-refractivity contribution >= 4 is 18.3 Å². The van der Waals surface area contributed by atoms with Crippen molar-refractivity contribution in [1.29, 1.82) is 0 Å². The van der Waals surface area contributed by atoms with Gasteiger partial charge in [0.05, 0.1) is 0 Å². The first-order valence-corrected chi connectivity index (χ1v) is 6.73. The Balaban J connectivity index is 0.00000256. The molecule has 2 N–H and O–H groups in total. The highest BCUT2D eigenvalue weighted by Crippen LogP contribution is 2.32. The third-order valence-electron chi connectivity index (χ3n) is 3.58. The van der Waals surface area contributed by atoms with Crippen LogP contribution in [0.25, 0.3) is 0 Å². The first kappa shape index (κ1) is 16.7. The lowest BCUT2D eigenvalue weighted by molar-refractivity contribution is -0.136. The van der Waals surface area contributed by atoms with Crippen molar-refractivity contribution in [2.24, 2.45) is 17.6 Å². The second-order valence-corrected chi connectivity index (χ2v) is 4.86. The van der Waals surface area contributed by atoms with Crippen molar-refractivity contribution in [3.05, 3.63) is 0 Å². The zero-order valence-electron chi connectivity index (χ0n) is 11.2. The van der Waals surface area contributed by atoms with Crippen LogP contribution >= 0.6 is 12.4 Å². The van der Waals surface area contributed by atoms with Gasteiger partial charge in [0.2, 0.25) is 5.91 Å². The molecule has 1 saturated carbocycles. The van der Waals surface area contributed by atoms with Gasteiger partial charge in [-0.3, -0.25) is 4.79 Å². The molecule has 1 aliphatic carbocycles. The number of hydrogen-bond acceptors (Lipinski definition) is 2. The topological polar surface area (TPSA) is 46.3 Å². The van der Waals surface area contributed by atoms with Crippen molar-refractivity contribution in [3.8, 4) is 0 Å². The summed E-state index contributed by atoms with van der Waals surface area (Å²) < 4.78 is 0. The van der Waals surface area contributed by atoms with E-state index < -0.39 is 0 Å². The molecule has 1 fully saturated rings. The largest absolute Gasteiger partial charge is 0.342 e. The summed E-state index contributed by atoms with van der Waals surface area (Å²) >= 11 is 0. The van der Waals surface area contributed by atoms with Gasteiger partial charge in [-0.2, -0.15) is 0 Å². The van der Waals surface area contributed by atoms with E-state index in [-0.39, 0.29) is 18.3 Å². The third kappa shape index (κ3) is 4.47. The van der Waals surface area contributed by atoms with Crippen molar-refractivity contribution in [2.45, 2.75) is 46.0 Å². The number of nitrogens with two attached hydrogens (primary N) is 1. The molecule has 0 aromatic heterocycles. The monoisotopic (exact) mass is 262 g/mol. The molecule has 102 valence electrons. The van der Waals surface area contributed by atoms with Crippen LogP contribution in [-0.4, -0.2) is 30.4 Å². The Morgan fingerprint density at radius 2 is 1.82 bits per heavy atom. The normalized spacial score (nSPS) is 23.2. The van der Waals surface area contributed by atoms with Crippen LogP contribution in [0.15, 0.2) is 0 Å². The summed E-state index contributed by atoms with van der Waals surface area (Å²) in [7, 11) is 0. The number of rotatable bonds is 6. The van der Waals surface area contributed by atoms with Crippen molar-refractivity contribution in [1.82, 2.24) is 4.90 Å². The molecule has 0 aromatic rings. The minimum absolute atomic E-state index is 0. The van der Waals surface area contributed by atoms with Gasteiger partial charge >= 0.3 is 0 Å². The van der Waals surface area contributed by atoms with E-state index in [0.717, 1.165) is 38.8 Å². The highest BCUT2D eigenvalue weighted by Gasteiger charge is 2.34. The Morgan fingerprint density at radius 1 is 1.24 bits per heavy atom. The molecule has 2 atom stereocenters. The summed E-state index contributed by atoms with van der Waals surface area (Å²) in [6, 6.07) is 0. The molecule has 0 aromatic carbocycles. The van der Waals surface area contributed by atoms with Crippen LogP contribution in [-0.2, 0) is 4.79 Å². The zero-order valence-corrected chi connectivity index (χ0v) is 12.0. The third-order valence-corrected chi connectivity index (χ3v) is 3.58. The van der Waals surface area contributed by atoms with E-state index in [0.29, 0.717) is 18.4 Å². The minimum atomic E-state index is 0. The van der Waals surface area contributed by atoms with Crippen LogP contribution in [0.4, 0.5) is 0 Å². The number of carbonyl (C=O) groups is 1. The highest BCUT2D eigenvalue weighted by molar-refractivity contribution is 5.85. The lowest BCUT2D eigenvalue weighted by Gasteiger charge is -2.27. The van der Waals surface area contributed by atoms with Gasteiger partial charge in [-0.15, -0.1) is 12.4 Å². The number of hydrogen-bond donors (Lipinski definition) is 1. The molecule has 4 heteroatoms. The molecule has 1 aliphatic rings. The smallest absolute Gasteiger partial charge is 0.226 e. The van der Waals surface area contributed by atoms with Crippen molar-refractivity contribution < 1.29 is 4.79 Å². The molecule has 3 nitrogen and oxygen atoms in total. The van der Waals surface area contributed by atoms with Crippen LogP contribution in [0.3, 0.4) is 0 Å². The lowest BCUT2D eigenvalue weighted by atomic mass is 9.94. The summed E-state index contributed by atoms with van der Waals surface area (Å²) in [6.07, 6.45) is 5.45. The van der Waals surface area contributed by atoms with E-state index in [1.807, 2.05) is 4.90 Å². The van der Waals surface area contributed by atoms with Gasteiger partial charge in [-0.05, 0) is 38.1 Å². The van der Waals surface area contributed by atoms with Crippen LogP contribution in [0.2, 0.25) is 0 Å². The second-order valence-electron chi connectivity index (χ2n) is 4.86. The maximum absolute atomic E-state index is 12.4. The maximum Gasteiger partial charge on any atom is 0.226 e.